The maximum absolute atomic E-state index is 12.4. The van der Waals surface area contributed by atoms with E-state index in [1.165, 1.54) is 0 Å². The fourth-order valence-electron chi connectivity index (χ4n) is 3.06. The first-order chi connectivity index (χ1) is 10.6. The van der Waals surface area contributed by atoms with Gasteiger partial charge in [0.15, 0.2) is 0 Å². The van der Waals surface area contributed by atoms with Gasteiger partial charge in [-0.2, -0.15) is 0 Å². The Balaban J connectivity index is 1.50. The second-order valence-corrected chi connectivity index (χ2v) is 6.08. The van der Waals surface area contributed by atoms with Gasteiger partial charge in [0, 0.05) is 19.5 Å². The van der Waals surface area contributed by atoms with Crippen molar-refractivity contribution in [3.05, 3.63) is 29.8 Å². The van der Waals surface area contributed by atoms with Crippen LogP contribution in [0.25, 0.3) is 0 Å². The van der Waals surface area contributed by atoms with Crippen molar-refractivity contribution in [2.75, 3.05) is 26.2 Å². The highest BCUT2D eigenvalue weighted by molar-refractivity contribution is 5.89. The van der Waals surface area contributed by atoms with E-state index in [0.717, 1.165) is 11.3 Å². The Hall–Kier alpha value is -2.04. The van der Waals surface area contributed by atoms with Crippen LogP contribution in [0.15, 0.2) is 24.3 Å². The molecule has 1 atom stereocenters. The summed E-state index contributed by atoms with van der Waals surface area (Å²) in [4.78, 5) is 27.7. The molecule has 118 valence electrons. The summed E-state index contributed by atoms with van der Waals surface area (Å²) in [7, 11) is 0. The van der Waals surface area contributed by atoms with Crippen molar-refractivity contribution in [3.8, 4) is 5.75 Å². The van der Waals surface area contributed by atoms with E-state index in [0.29, 0.717) is 32.6 Å². The zero-order valence-electron chi connectivity index (χ0n) is 13.1. The molecular weight excluding hydrogens is 280 g/mol. The van der Waals surface area contributed by atoms with Gasteiger partial charge in [0.05, 0.1) is 19.0 Å². The number of hydrogen-bond acceptors (Lipinski definition) is 3. The minimum absolute atomic E-state index is 0.0597. The van der Waals surface area contributed by atoms with Gasteiger partial charge in [-0.3, -0.25) is 9.59 Å². The van der Waals surface area contributed by atoms with Crippen molar-refractivity contribution in [2.45, 2.75) is 26.4 Å². The third kappa shape index (κ3) is 2.80. The topological polar surface area (TPSA) is 49.9 Å². The zero-order valence-corrected chi connectivity index (χ0v) is 13.1. The van der Waals surface area contributed by atoms with Crippen LogP contribution in [0, 0.1) is 12.8 Å². The van der Waals surface area contributed by atoms with Crippen molar-refractivity contribution in [3.63, 3.8) is 0 Å². The van der Waals surface area contributed by atoms with E-state index in [-0.39, 0.29) is 23.8 Å². The van der Waals surface area contributed by atoms with Gasteiger partial charge in [0.25, 0.3) is 0 Å². The van der Waals surface area contributed by atoms with Gasteiger partial charge in [0.2, 0.25) is 11.8 Å². The Morgan fingerprint density at radius 3 is 2.64 bits per heavy atom. The number of benzene rings is 1. The number of likely N-dealkylation sites (tertiary alicyclic amines) is 2. The molecule has 2 amide bonds. The number of aryl methyl sites for hydroxylation is 1. The summed E-state index contributed by atoms with van der Waals surface area (Å²) in [6, 6.07) is 7.90. The maximum Gasteiger partial charge on any atom is 0.228 e. The number of para-hydroxylation sites is 1. The second-order valence-electron chi connectivity index (χ2n) is 6.08. The lowest BCUT2D eigenvalue weighted by molar-refractivity contribution is -0.144. The largest absolute Gasteiger partial charge is 0.486 e. The lowest BCUT2D eigenvalue weighted by Crippen LogP contribution is -2.57. The first-order valence-corrected chi connectivity index (χ1v) is 7.87. The molecule has 0 radical (unpaired) electrons. The Morgan fingerprint density at radius 2 is 2.00 bits per heavy atom. The number of amides is 2. The van der Waals surface area contributed by atoms with Crippen LogP contribution in [0.2, 0.25) is 0 Å². The van der Waals surface area contributed by atoms with Gasteiger partial charge in [0.1, 0.15) is 11.9 Å². The molecule has 0 bridgehead atoms. The fraction of sp³-hybridized carbons (Fsp3) is 0.529. The van der Waals surface area contributed by atoms with E-state index in [4.69, 9.17) is 4.74 Å². The third-order valence-electron chi connectivity index (χ3n) is 4.49. The molecule has 2 aliphatic rings. The standard InChI is InChI=1S/C17H22N2O3/c1-3-18-9-13(8-16(18)20)17(21)19-10-14(11-19)22-15-7-5-4-6-12(15)2/h4-7,13-14H,3,8-11H2,1-2H3/t13-/m1/s1. The molecule has 0 aromatic heterocycles. The van der Waals surface area contributed by atoms with Crippen molar-refractivity contribution in [2.24, 2.45) is 5.92 Å². The Labute approximate surface area is 130 Å². The zero-order chi connectivity index (χ0) is 15.7. The molecule has 5 heteroatoms. The number of carbonyl (C=O) groups excluding carboxylic acids is 2. The van der Waals surface area contributed by atoms with Gasteiger partial charge >= 0.3 is 0 Å². The van der Waals surface area contributed by atoms with Crippen LogP contribution in [0.3, 0.4) is 0 Å². The Bertz CT molecular complexity index is 581. The highest BCUT2D eigenvalue weighted by Gasteiger charge is 2.40. The molecule has 5 nitrogen and oxygen atoms in total. The first kappa shape index (κ1) is 14.9. The van der Waals surface area contributed by atoms with Crippen LogP contribution in [0.5, 0.6) is 5.75 Å². The van der Waals surface area contributed by atoms with E-state index >= 15 is 0 Å². The van der Waals surface area contributed by atoms with Crippen molar-refractivity contribution < 1.29 is 14.3 Å². The van der Waals surface area contributed by atoms with E-state index in [2.05, 4.69) is 0 Å². The molecule has 0 saturated carbocycles. The maximum atomic E-state index is 12.4. The van der Waals surface area contributed by atoms with E-state index < -0.39 is 0 Å². The minimum atomic E-state index is -0.174. The molecule has 3 rings (SSSR count). The van der Waals surface area contributed by atoms with Crippen molar-refractivity contribution >= 4 is 11.8 Å². The summed E-state index contributed by atoms with van der Waals surface area (Å²) in [6.07, 6.45) is 0.413. The van der Waals surface area contributed by atoms with Crippen LogP contribution < -0.4 is 4.74 Å². The third-order valence-corrected chi connectivity index (χ3v) is 4.49. The number of nitrogens with zero attached hydrogens (tertiary/aromatic N) is 2. The van der Waals surface area contributed by atoms with E-state index in [1.807, 2.05) is 38.1 Å². The highest BCUT2D eigenvalue weighted by atomic mass is 16.5. The molecule has 0 aliphatic carbocycles. The quantitative estimate of drug-likeness (QED) is 0.846. The lowest BCUT2D eigenvalue weighted by atomic mass is 10.0. The average Bonchev–Trinajstić information content (AvgIpc) is 2.84. The average molecular weight is 302 g/mol. The van der Waals surface area contributed by atoms with Crippen LogP contribution in [0.1, 0.15) is 18.9 Å². The number of ether oxygens (including phenoxy) is 1. The smallest absolute Gasteiger partial charge is 0.228 e. The Kier molecular flexibility index (Phi) is 4.05. The molecule has 2 aliphatic heterocycles. The minimum Gasteiger partial charge on any atom is -0.486 e. The molecule has 2 fully saturated rings. The number of carbonyl (C=O) groups is 2. The molecule has 0 spiro atoms. The molecule has 1 aromatic carbocycles. The summed E-state index contributed by atoms with van der Waals surface area (Å²) in [5.74, 6) is 0.891. The summed E-state index contributed by atoms with van der Waals surface area (Å²) < 4.78 is 5.92. The summed E-state index contributed by atoms with van der Waals surface area (Å²) >= 11 is 0. The predicted octanol–water partition coefficient (Wildman–Crippen LogP) is 1.45. The molecule has 2 saturated heterocycles. The highest BCUT2D eigenvalue weighted by Crippen LogP contribution is 2.25. The van der Waals surface area contributed by atoms with E-state index in [9.17, 15) is 9.59 Å². The van der Waals surface area contributed by atoms with Crippen molar-refractivity contribution in [1.82, 2.24) is 9.80 Å². The van der Waals surface area contributed by atoms with Gasteiger partial charge in [-0.15, -0.1) is 0 Å². The van der Waals surface area contributed by atoms with Gasteiger partial charge in [-0.1, -0.05) is 18.2 Å². The first-order valence-electron chi connectivity index (χ1n) is 7.87. The van der Waals surface area contributed by atoms with Crippen LogP contribution in [-0.2, 0) is 9.59 Å². The normalized spacial score (nSPS) is 21.9. The van der Waals surface area contributed by atoms with Gasteiger partial charge in [-0.05, 0) is 25.5 Å². The molecule has 1 aromatic rings. The summed E-state index contributed by atoms with van der Waals surface area (Å²) in [5.41, 5.74) is 1.10. The lowest BCUT2D eigenvalue weighted by Gasteiger charge is -2.40. The molecule has 22 heavy (non-hydrogen) atoms. The van der Waals surface area contributed by atoms with Crippen LogP contribution >= 0.6 is 0 Å². The number of rotatable bonds is 4. The summed E-state index contributed by atoms with van der Waals surface area (Å²) in [6.45, 7) is 6.43. The van der Waals surface area contributed by atoms with Crippen LogP contribution in [0.4, 0.5) is 0 Å². The SMILES string of the molecule is CCN1C[C@H](C(=O)N2CC(Oc3ccccc3C)C2)CC1=O. The van der Waals surface area contributed by atoms with Crippen LogP contribution in [-0.4, -0.2) is 53.9 Å². The molecule has 2 heterocycles. The molecule has 0 N–H and O–H groups in total. The molecule has 0 unspecified atom stereocenters. The fourth-order valence-corrected chi connectivity index (χ4v) is 3.06. The van der Waals surface area contributed by atoms with Gasteiger partial charge < -0.3 is 14.5 Å². The van der Waals surface area contributed by atoms with Gasteiger partial charge in [-0.25, -0.2) is 0 Å². The van der Waals surface area contributed by atoms with Crippen molar-refractivity contribution in [1.29, 1.82) is 0 Å². The predicted molar refractivity (Wildman–Crippen MR) is 82.5 cm³/mol. The summed E-state index contributed by atoms with van der Waals surface area (Å²) in [5, 5.41) is 0. The number of hydrogen-bond donors (Lipinski definition) is 0. The second kappa shape index (κ2) is 5.99. The monoisotopic (exact) mass is 302 g/mol. The van der Waals surface area contributed by atoms with E-state index in [1.54, 1.807) is 9.80 Å². The molecular formula is C17H22N2O3. The Morgan fingerprint density at radius 1 is 1.27 bits per heavy atom.